The third-order valence-corrected chi connectivity index (χ3v) is 4.04. The molecule has 2 aromatic carbocycles. The molecule has 0 atom stereocenters. The predicted octanol–water partition coefficient (Wildman–Crippen LogP) is 3.96. The van der Waals surface area contributed by atoms with E-state index in [1.165, 1.54) is 6.21 Å². The monoisotopic (exact) mass is 381 g/mol. The van der Waals surface area contributed by atoms with Crippen molar-refractivity contribution < 1.29 is 14.3 Å². The molecule has 2 N–H and O–H groups in total. The summed E-state index contributed by atoms with van der Waals surface area (Å²) in [5, 5.41) is 6.68. The molecular weight excluding hydrogens is 354 g/mol. The standard InChI is InChI=1S/C22H27N3O3/c1-4-5-12-28-20-9-7-6-8-18(20)15-23-25-22(27)14-21(26)24-19-11-10-16(2)13-17(19)3/h6-11,13,15H,4-5,12,14H2,1-3H3,(H,24,26)(H,25,27). The first-order chi connectivity index (χ1) is 13.5. The minimum absolute atomic E-state index is 0.306. The van der Waals surface area contributed by atoms with Gasteiger partial charge in [0.25, 0.3) is 0 Å². The Morgan fingerprint density at radius 3 is 2.64 bits per heavy atom. The lowest BCUT2D eigenvalue weighted by Gasteiger charge is -2.09. The Bertz CT molecular complexity index is 847. The number of carbonyl (C=O) groups is 2. The molecule has 148 valence electrons. The number of rotatable bonds is 9. The molecule has 0 saturated heterocycles. The molecule has 2 rings (SSSR count). The molecule has 0 aliphatic rings. The number of aryl methyl sites for hydroxylation is 2. The molecule has 6 nitrogen and oxygen atoms in total. The highest BCUT2D eigenvalue weighted by Gasteiger charge is 2.10. The summed E-state index contributed by atoms with van der Waals surface area (Å²) in [6.45, 7) is 6.62. The van der Waals surface area contributed by atoms with Gasteiger partial charge in [0.15, 0.2) is 0 Å². The smallest absolute Gasteiger partial charge is 0.249 e. The molecule has 6 heteroatoms. The molecule has 0 unspecified atom stereocenters. The van der Waals surface area contributed by atoms with E-state index in [0.29, 0.717) is 18.0 Å². The first kappa shape index (κ1) is 21.2. The van der Waals surface area contributed by atoms with E-state index in [2.05, 4.69) is 22.8 Å². The minimum atomic E-state index is -0.483. The van der Waals surface area contributed by atoms with E-state index >= 15 is 0 Å². The number of carbonyl (C=O) groups excluding carboxylic acids is 2. The molecule has 0 saturated carbocycles. The third-order valence-electron chi connectivity index (χ3n) is 4.04. The first-order valence-corrected chi connectivity index (χ1v) is 9.40. The Labute approximate surface area is 166 Å². The Morgan fingerprint density at radius 1 is 1.11 bits per heavy atom. The highest BCUT2D eigenvalue weighted by atomic mass is 16.5. The van der Waals surface area contributed by atoms with Crippen LogP contribution in [0.5, 0.6) is 5.75 Å². The zero-order valence-electron chi connectivity index (χ0n) is 16.6. The molecule has 0 aliphatic heterocycles. The van der Waals surface area contributed by atoms with Gasteiger partial charge in [0.1, 0.15) is 12.2 Å². The fourth-order valence-electron chi connectivity index (χ4n) is 2.55. The van der Waals surface area contributed by atoms with E-state index in [1.807, 2.05) is 56.3 Å². The lowest BCUT2D eigenvalue weighted by Crippen LogP contribution is -2.24. The number of hydrogen-bond donors (Lipinski definition) is 2. The zero-order chi connectivity index (χ0) is 20.4. The highest BCUT2D eigenvalue weighted by Crippen LogP contribution is 2.17. The van der Waals surface area contributed by atoms with E-state index in [1.54, 1.807) is 0 Å². The van der Waals surface area contributed by atoms with Gasteiger partial charge in [0, 0.05) is 11.3 Å². The van der Waals surface area contributed by atoms with E-state index in [0.717, 1.165) is 29.5 Å². The maximum Gasteiger partial charge on any atom is 0.249 e. The highest BCUT2D eigenvalue weighted by molar-refractivity contribution is 6.04. The Hall–Kier alpha value is -3.15. The molecule has 0 bridgehead atoms. The summed E-state index contributed by atoms with van der Waals surface area (Å²) in [5.74, 6) is -0.160. The van der Waals surface area contributed by atoms with Crippen molar-refractivity contribution in [1.82, 2.24) is 5.43 Å². The molecule has 0 spiro atoms. The summed E-state index contributed by atoms with van der Waals surface area (Å²) in [6, 6.07) is 13.2. The normalized spacial score (nSPS) is 10.7. The number of hydrogen-bond acceptors (Lipinski definition) is 4. The maximum atomic E-state index is 12.1. The van der Waals surface area contributed by atoms with Gasteiger partial charge in [-0.1, -0.05) is 43.2 Å². The second-order valence-corrected chi connectivity index (χ2v) is 6.58. The summed E-state index contributed by atoms with van der Waals surface area (Å²) in [5.41, 5.74) is 5.90. The molecule has 2 aromatic rings. The number of ether oxygens (including phenoxy) is 1. The summed E-state index contributed by atoms with van der Waals surface area (Å²) >= 11 is 0. The third kappa shape index (κ3) is 6.87. The topological polar surface area (TPSA) is 79.8 Å². The molecular formula is C22H27N3O3. The van der Waals surface area contributed by atoms with Crippen LogP contribution in [0.25, 0.3) is 0 Å². The summed E-state index contributed by atoms with van der Waals surface area (Å²) in [7, 11) is 0. The molecule has 0 aliphatic carbocycles. The average molecular weight is 381 g/mol. The van der Waals surface area contributed by atoms with Crippen LogP contribution in [0.1, 0.15) is 42.9 Å². The van der Waals surface area contributed by atoms with Gasteiger partial charge in [0.05, 0.1) is 12.8 Å². The van der Waals surface area contributed by atoms with Gasteiger partial charge >= 0.3 is 0 Å². The minimum Gasteiger partial charge on any atom is -0.493 e. The lowest BCUT2D eigenvalue weighted by atomic mass is 10.1. The zero-order valence-corrected chi connectivity index (χ0v) is 16.6. The SMILES string of the molecule is CCCCOc1ccccc1C=NNC(=O)CC(=O)Nc1ccc(C)cc1C. The number of hydrazone groups is 1. The van der Waals surface area contributed by atoms with Crippen molar-refractivity contribution in [3.63, 3.8) is 0 Å². The second-order valence-electron chi connectivity index (χ2n) is 6.58. The summed E-state index contributed by atoms with van der Waals surface area (Å²) < 4.78 is 5.72. The van der Waals surface area contributed by atoms with Crippen molar-refractivity contribution in [2.75, 3.05) is 11.9 Å². The molecule has 0 aromatic heterocycles. The van der Waals surface area contributed by atoms with Crippen molar-refractivity contribution in [3.05, 3.63) is 59.2 Å². The molecule has 0 radical (unpaired) electrons. The summed E-state index contributed by atoms with van der Waals surface area (Å²) in [6.07, 6.45) is 3.23. The van der Waals surface area contributed by atoms with Gasteiger partial charge < -0.3 is 10.1 Å². The van der Waals surface area contributed by atoms with Gasteiger partial charge in [0.2, 0.25) is 11.8 Å². The van der Waals surface area contributed by atoms with Crippen molar-refractivity contribution in [3.8, 4) is 5.75 Å². The number of para-hydroxylation sites is 1. The van der Waals surface area contributed by atoms with Crippen LogP contribution in [-0.2, 0) is 9.59 Å². The number of amides is 2. The maximum absolute atomic E-state index is 12.1. The van der Waals surface area contributed by atoms with Crippen LogP contribution in [0.4, 0.5) is 5.69 Å². The van der Waals surface area contributed by atoms with Crippen molar-refractivity contribution >= 4 is 23.7 Å². The Kier molecular flexibility index (Phi) is 8.21. The molecule has 0 heterocycles. The first-order valence-electron chi connectivity index (χ1n) is 9.40. The van der Waals surface area contributed by atoms with E-state index in [4.69, 9.17) is 4.74 Å². The molecule has 0 fully saturated rings. The lowest BCUT2D eigenvalue weighted by molar-refractivity contribution is -0.126. The quantitative estimate of drug-likeness (QED) is 0.299. The van der Waals surface area contributed by atoms with Crippen molar-refractivity contribution in [1.29, 1.82) is 0 Å². The van der Waals surface area contributed by atoms with E-state index < -0.39 is 5.91 Å². The van der Waals surface area contributed by atoms with E-state index in [-0.39, 0.29) is 12.3 Å². The van der Waals surface area contributed by atoms with Gasteiger partial charge in [-0.25, -0.2) is 5.43 Å². The van der Waals surface area contributed by atoms with Crippen LogP contribution in [0.2, 0.25) is 0 Å². The van der Waals surface area contributed by atoms with Crippen molar-refractivity contribution in [2.45, 2.75) is 40.0 Å². The number of nitrogens with one attached hydrogen (secondary N) is 2. The Morgan fingerprint density at radius 2 is 1.89 bits per heavy atom. The largest absolute Gasteiger partial charge is 0.493 e. The average Bonchev–Trinajstić information content (AvgIpc) is 2.65. The molecule has 28 heavy (non-hydrogen) atoms. The van der Waals surface area contributed by atoms with Gasteiger partial charge in [-0.3, -0.25) is 9.59 Å². The number of benzene rings is 2. The second kappa shape index (κ2) is 10.9. The van der Waals surface area contributed by atoms with Crippen LogP contribution in [0.3, 0.4) is 0 Å². The van der Waals surface area contributed by atoms with Crippen LogP contribution < -0.4 is 15.5 Å². The number of unbranched alkanes of at least 4 members (excludes halogenated alkanes) is 1. The van der Waals surface area contributed by atoms with Crippen LogP contribution >= 0.6 is 0 Å². The fourth-order valence-corrected chi connectivity index (χ4v) is 2.55. The molecule has 2 amide bonds. The predicted molar refractivity (Wildman–Crippen MR) is 112 cm³/mol. The van der Waals surface area contributed by atoms with Gasteiger partial charge in [-0.15, -0.1) is 0 Å². The van der Waals surface area contributed by atoms with Crippen LogP contribution in [-0.4, -0.2) is 24.6 Å². The van der Waals surface area contributed by atoms with Gasteiger partial charge in [-0.2, -0.15) is 5.10 Å². The van der Waals surface area contributed by atoms with Crippen molar-refractivity contribution in [2.24, 2.45) is 5.10 Å². The fraction of sp³-hybridized carbons (Fsp3) is 0.318. The van der Waals surface area contributed by atoms with Gasteiger partial charge in [-0.05, 0) is 44.0 Å². The van der Waals surface area contributed by atoms with Crippen LogP contribution in [0, 0.1) is 13.8 Å². The summed E-state index contributed by atoms with van der Waals surface area (Å²) in [4.78, 5) is 24.0. The number of nitrogens with zero attached hydrogens (tertiary/aromatic N) is 1. The van der Waals surface area contributed by atoms with Crippen LogP contribution in [0.15, 0.2) is 47.6 Å². The Balaban J connectivity index is 1.85. The van der Waals surface area contributed by atoms with E-state index in [9.17, 15) is 9.59 Å². The number of anilines is 1.